The molecule has 0 saturated carbocycles. The Morgan fingerprint density at radius 3 is 3.00 bits per heavy atom. The highest BCUT2D eigenvalue weighted by atomic mass is 32.2. The van der Waals surface area contributed by atoms with Gasteiger partial charge in [-0.15, -0.1) is 11.8 Å². The number of thiocarbonyl (C=S) groups is 1. The largest absolute Gasteiger partial charge is 0.464 e. The normalized spacial score (nSPS) is 24.5. The van der Waals surface area contributed by atoms with Gasteiger partial charge in [-0.05, 0) is 6.92 Å². The van der Waals surface area contributed by atoms with Gasteiger partial charge in [0.15, 0.2) is 0 Å². The van der Waals surface area contributed by atoms with Crippen molar-refractivity contribution >= 4 is 34.1 Å². The zero-order chi connectivity index (χ0) is 7.56. The smallest absolute Gasteiger partial charge is 0.307 e. The van der Waals surface area contributed by atoms with Gasteiger partial charge in [-0.1, -0.05) is 12.2 Å². The van der Waals surface area contributed by atoms with Crippen molar-refractivity contribution < 1.29 is 9.53 Å². The number of carbonyl (C=O) groups excluding carboxylic acids is 1. The van der Waals surface area contributed by atoms with Gasteiger partial charge in [-0.3, -0.25) is 4.79 Å². The maximum atomic E-state index is 10.6. The van der Waals surface area contributed by atoms with Crippen molar-refractivity contribution in [2.45, 2.75) is 18.6 Å². The third-order valence-corrected chi connectivity index (χ3v) is 2.41. The Labute approximate surface area is 69.3 Å². The van der Waals surface area contributed by atoms with E-state index in [0.29, 0.717) is 13.0 Å². The van der Waals surface area contributed by atoms with Crippen LogP contribution >= 0.6 is 24.0 Å². The average Bonchev–Trinajstić information content (AvgIpc) is 2.13. The van der Waals surface area contributed by atoms with Gasteiger partial charge in [0.25, 0.3) is 0 Å². The molecule has 0 aromatic rings. The van der Waals surface area contributed by atoms with Crippen LogP contribution < -0.4 is 0 Å². The summed E-state index contributed by atoms with van der Waals surface area (Å²) in [4.78, 5) is 10.6. The van der Waals surface area contributed by atoms with E-state index in [-0.39, 0.29) is 11.2 Å². The standard InChI is InChI=1S/C6H8O2S2/c1-4(9)10-5-2-6(7)8-3-5/h5H,2-3H2,1H3. The minimum atomic E-state index is -0.103. The molecule has 0 spiro atoms. The number of thioether (sulfide) groups is 1. The molecule has 0 aliphatic carbocycles. The molecule has 1 aliphatic rings. The molecular formula is C6H8O2S2. The summed E-state index contributed by atoms with van der Waals surface area (Å²) in [5.74, 6) is -0.103. The first-order valence-electron chi connectivity index (χ1n) is 3.01. The predicted molar refractivity (Wildman–Crippen MR) is 45.2 cm³/mol. The predicted octanol–water partition coefficient (Wildman–Crippen LogP) is 1.38. The highest BCUT2D eigenvalue weighted by Gasteiger charge is 2.24. The highest BCUT2D eigenvalue weighted by Crippen LogP contribution is 2.22. The van der Waals surface area contributed by atoms with Crippen molar-refractivity contribution in [3.63, 3.8) is 0 Å². The number of rotatable bonds is 1. The first kappa shape index (κ1) is 8.01. The second-order valence-electron chi connectivity index (χ2n) is 2.12. The summed E-state index contributed by atoms with van der Waals surface area (Å²) in [6, 6.07) is 0. The number of ether oxygens (including phenoxy) is 1. The first-order chi connectivity index (χ1) is 4.68. The molecule has 1 fully saturated rings. The third-order valence-electron chi connectivity index (χ3n) is 1.16. The van der Waals surface area contributed by atoms with Crippen LogP contribution in [0.5, 0.6) is 0 Å². The topological polar surface area (TPSA) is 26.3 Å². The molecule has 0 amide bonds. The molecule has 0 aromatic carbocycles. The molecule has 4 heteroatoms. The Morgan fingerprint density at radius 1 is 1.90 bits per heavy atom. The van der Waals surface area contributed by atoms with Crippen LogP contribution in [-0.2, 0) is 9.53 Å². The van der Waals surface area contributed by atoms with E-state index in [4.69, 9.17) is 17.0 Å². The molecule has 1 heterocycles. The molecule has 1 unspecified atom stereocenters. The van der Waals surface area contributed by atoms with Gasteiger partial charge in [-0.2, -0.15) is 0 Å². The van der Waals surface area contributed by atoms with Crippen molar-refractivity contribution in [1.29, 1.82) is 0 Å². The minimum Gasteiger partial charge on any atom is -0.464 e. The summed E-state index contributed by atoms with van der Waals surface area (Å²) in [7, 11) is 0. The molecule has 0 aromatic heterocycles. The van der Waals surface area contributed by atoms with E-state index >= 15 is 0 Å². The Kier molecular flexibility index (Phi) is 2.68. The number of esters is 1. The fourth-order valence-corrected chi connectivity index (χ4v) is 2.03. The summed E-state index contributed by atoms with van der Waals surface area (Å²) in [6.45, 7) is 2.39. The molecule has 2 nitrogen and oxygen atoms in total. The Balaban J connectivity index is 2.31. The number of hydrogen-bond acceptors (Lipinski definition) is 4. The minimum absolute atomic E-state index is 0.103. The average molecular weight is 176 g/mol. The van der Waals surface area contributed by atoms with Crippen LogP contribution in [0.2, 0.25) is 0 Å². The Bertz CT molecular complexity index is 167. The van der Waals surface area contributed by atoms with Crippen molar-refractivity contribution in [1.82, 2.24) is 0 Å². The quantitative estimate of drug-likeness (QED) is 0.445. The summed E-state index contributed by atoms with van der Waals surface area (Å²) in [5.41, 5.74) is 0. The van der Waals surface area contributed by atoms with Crippen molar-refractivity contribution in [3.05, 3.63) is 0 Å². The lowest BCUT2D eigenvalue weighted by Gasteiger charge is -2.01. The van der Waals surface area contributed by atoms with Gasteiger partial charge in [0.05, 0.1) is 11.7 Å². The van der Waals surface area contributed by atoms with E-state index in [1.165, 1.54) is 0 Å². The second kappa shape index (κ2) is 3.34. The van der Waals surface area contributed by atoms with E-state index in [9.17, 15) is 4.79 Å². The van der Waals surface area contributed by atoms with Crippen LogP contribution in [0.1, 0.15) is 13.3 Å². The fraction of sp³-hybridized carbons (Fsp3) is 0.667. The van der Waals surface area contributed by atoms with Crippen LogP contribution in [0.15, 0.2) is 0 Å². The maximum absolute atomic E-state index is 10.6. The van der Waals surface area contributed by atoms with E-state index in [1.807, 2.05) is 6.92 Å². The molecule has 0 N–H and O–H groups in total. The van der Waals surface area contributed by atoms with Crippen molar-refractivity contribution in [2.75, 3.05) is 6.61 Å². The van der Waals surface area contributed by atoms with E-state index < -0.39 is 0 Å². The molecular weight excluding hydrogens is 168 g/mol. The molecule has 1 rings (SSSR count). The monoisotopic (exact) mass is 176 g/mol. The first-order valence-corrected chi connectivity index (χ1v) is 4.30. The van der Waals surface area contributed by atoms with Gasteiger partial charge in [-0.25, -0.2) is 0 Å². The van der Waals surface area contributed by atoms with E-state index in [1.54, 1.807) is 11.8 Å². The lowest BCUT2D eigenvalue weighted by atomic mass is 10.4. The van der Waals surface area contributed by atoms with Gasteiger partial charge in [0.2, 0.25) is 0 Å². The summed E-state index contributed by atoms with van der Waals surface area (Å²) >= 11 is 6.42. The lowest BCUT2D eigenvalue weighted by molar-refractivity contribution is -0.137. The highest BCUT2D eigenvalue weighted by molar-refractivity contribution is 8.23. The molecule has 1 atom stereocenters. The zero-order valence-electron chi connectivity index (χ0n) is 5.62. The molecule has 10 heavy (non-hydrogen) atoms. The number of carbonyl (C=O) groups is 1. The second-order valence-corrected chi connectivity index (χ2v) is 4.50. The van der Waals surface area contributed by atoms with Gasteiger partial charge >= 0.3 is 5.97 Å². The van der Waals surface area contributed by atoms with E-state index in [2.05, 4.69) is 0 Å². The third kappa shape index (κ3) is 2.27. The van der Waals surface area contributed by atoms with Crippen LogP contribution in [0.25, 0.3) is 0 Å². The summed E-state index contributed by atoms with van der Waals surface area (Å²) in [6.07, 6.45) is 0.513. The lowest BCUT2D eigenvalue weighted by Crippen LogP contribution is -2.02. The van der Waals surface area contributed by atoms with Crippen LogP contribution in [-0.4, -0.2) is 22.0 Å². The van der Waals surface area contributed by atoms with Crippen molar-refractivity contribution in [3.8, 4) is 0 Å². The Morgan fingerprint density at radius 2 is 2.60 bits per heavy atom. The van der Waals surface area contributed by atoms with Crippen LogP contribution in [0, 0.1) is 0 Å². The van der Waals surface area contributed by atoms with Gasteiger partial charge < -0.3 is 4.74 Å². The molecule has 56 valence electrons. The van der Waals surface area contributed by atoms with Crippen LogP contribution in [0.3, 0.4) is 0 Å². The van der Waals surface area contributed by atoms with Gasteiger partial charge in [0, 0.05) is 4.20 Å². The molecule has 1 saturated heterocycles. The molecule has 0 bridgehead atoms. The number of cyclic esters (lactones) is 1. The fourth-order valence-electron chi connectivity index (χ4n) is 0.800. The number of hydrogen-bond donors (Lipinski definition) is 0. The molecule has 0 radical (unpaired) electrons. The Hall–Kier alpha value is -0.0900. The molecule has 1 aliphatic heterocycles. The summed E-state index contributed by atoms with van der Waals surface area (Å²) in [5, 5.41) is 0.269. The van der Waals surface area contributed by atoms with Crippen molar-refractivity contribution in [2.24, 2.45) is 0 Å². The summed E-state index contributed by atoms with van der Waals surface area (Å²) < 4.78 is 5.63. The van der Waals surface area contributed by atoms with Crippen LogP contribution in [0.4, 0.5) is 0 Å². The van der Waals surface area contributed by atoms with E-state index in [0.717, 1.165) is 4.20 Å². The maximum Gasteiger partial charge on any atom is 0.307 e. The van der Waals surface area contributed by atoms with Gasteiger partial charge in [0.1, 0.15) is 6.61 Å². The zero-order valence-corrected chi connectivity index (χ0v) is 7.26. The SMILES string of the molecule is CC(=S)SC1COC(=O)C1.